The molecule has 1 aliphatic heterocycles. The van der Waals surface area contributed by atoms with Crippen LogP contribution in [-0.2, 0) is 6.42 Å². The summed E-state index contributed by atoms with van der Waals surface area (Å²) in [6, 6.07) is 51.4. The maximum atomic E-state index is 6.62. The lowest BCUT2D eigenvalue weighted by Crippen LogP contribution is -2.05. The Bertz CT molecular complexity index is 3390. The first-order valence-electron chi connectivity index (χ1n) is 19.3. The van der Waals surface area contributed by atoms with Crippen LogP contribution in [0, 0.1) is 0 Å². The molecule has 56 heavy (non-hydrogen) atoms. The monoisotopic (exact) mass is 719 g/mol. The maximum Gasteiger partial charge on any atom is 0.160 e. The normalized spacial score (nSPS) is 14.5. The van der Waals surface area contributed by atoms with Crippen LogP contribution in [0.1, 0.15) is 40.9 Å². The van der Waals surface area contributed by atoms with Crippen molar-refractivity contribution in [2.75, 3.05) is 0 Å². The van der Waals surface area contributed by atoms with Crippen molar-refractivity contribution in [3.63, 3.8) is 0 Å². The van der Waals surface area contributed by atoms with Crippen LogP contribution in [0.2, 0.25) is 0 Å². The van der Waals surface area contributed by atoms with Gasteiger partial charge in [0, 0.05) is 55.6 Å². The summed E-state index contributed by atoms with van der Waals surface area (Å²) in [5.41, 5.74) is 11.8. The highest BCUT2D eigenvalue weighted by atomic mass is 16.3. The van der Waals surface area contributed by atoms with Gasteiger partial charge in [0.2, 0.25) is 0 Å². The highest BCUT2D eigenvalue weighted by Gasteiger charge is 2.25. The molecule has 0 spiro atoms. The molecular formula is C51H33N3O2. The van der Waals surface area contributed by atoms with E-state index in [1.807, 2.05) is 30.3 Å². The number of nitrogens with zero attached hydrogens (tertiary/aromatic N) is 3. The minimum absolute atomic E-state index is 0.554. The van der Waals surface area contributed by atoms with Crippen molar-refractivity contribution in [3.05, 3.63) is 186 Å². The van der Waals surface area contributed by atoms with Crippen LogP contribution in [0.25, 0.3) is 82.9 Å². The Morgan fingerprint density at radius 2 is 1.34 bits per heavy atom. The first-order valence-corrected chi connectivity index (χ1v) is 19.3. The minimum Gasteiger partial charge on any atom is -0.456 e. The van der Waals surface area contributed by atoms with Gasteiger partial charge in [0.1, 0.15) is 22.5 Å². The average molecular weight is 720 g/mol. The summed E-state index contributed by atoms with van der Waals surface area (Å²) in [4.78, 5) is 10.8. The lowest BCUT2D eigenvalue weighted by molar-refractivity contribution is 0.595. The number of aryl methyl sites for hydroxylation is 1. The van der Waals surface area contributed by atoms with E-state index in [0.717, 1.165) is 96.3 Å². The largest absolute Gasteiger partial charge is 0.456 e. The Hall–Kier alpha value is -7.24. The number of hydrogen-bond donors (Lipinski definition) is 0. The second-order valence-electron chi connectivity index (χ2n) is 14.8. The second kappa shape index (κ2) is 12.1. The number of benzene rings is 7. The Kier molecular flexibility index (Phi) is 6.75. The fraction of sp³-hybridized carbons (Fsp3) is 0.0588. The van der Waals surface area contributed by atoms with E-state index in [1.165, 1.54) is 27.1 Å². The zero-order valence-electron chi connectivity index (χ0n) is 30.4. The molecule has 0 radical (unpaired) electrons. The summed E-state index contributed by atoms with van der Waals surface area (Å²) < 4.78 is 15.6. The number of hydrogen-bond acceptors (Lipinski definition) is 4. The lowest BCUT2D eigenvalue weighted by Gasteiger charge is -2.16. The highest BCUT2D eigenvalue weighted by molar-refractivity contribution is 6.21. The predicted octanol–water partition coefficient (Wildman–Crippen LogP) is 13.2. The molecule has 5 heteroatoms. The zero-order chi connectivity index (χ0) is 36.7. The van der Waals surface area contributed by atoms with Crippen molar-refractivity contribution in [1.82, 2.24) is 4.57 Å². The molecule has 0 atom stereocenters. The summed E-state index contributed by atoms with van der Waals surface area (Å²) in [7, 11) is 0. The van der Waals surface area contributed by atoms with E-state index in [9.17, 15) is 0 Å². The van der Waals surface area contributed by atoms with Crippen LogP contribution in [0.3, 0.4) is 0 Å². The van der Waals surface area contributed by atoms with E-state index in [1.54, 1.807) is 0 Å². The van der Waals surface area contributed by atoms with Crippen LogP contribution in [0.15, 0.2) is 177 Å². The average Bonchev–Trinajstić information content (AvgIpc) is 3.86. The molecule has 12 rings (SSSR count). The first-order chi connectivity index (χ1) is 27.7. The summed E-state index contributed by atoms with van der Waals surface area (Å²) >= 11 is 0. The number of furan rings is 2. The molecule has 0 saturated carbocycles. The first kappa shape index (κ1) is 31.1. The van der Waals surface area contributed by atoms with Crippen LogP contribution < -0.4 is 0 Å². The quantitative estimate of drug-likeness (QED) is 0.182. The number of fused-ring (bicyclic) bond motifs is 10. The molecule has 2 aliphatic rings. The van der Waals surface area contributed by atoms with E-state index >= 15 is 0 Å². The number of aromatic nitrogens is 1. The number of allylic oxidation sites excluding steroid dienone is 2. The number of amidine groups is 1. The molecule has 5 nitrogen and oxygen atoms in total. The summed E-state index contributed by atoms with van der Waals surface area (Å²) in [6.45, 7) is 0. The molecule has 0 N–H and O–H groups in total. The van der Waals surface area contributed by atoms with Crippen molar-refractivity contribution < 1.29 is 8.83 Å². The van der Waals surface area contributed by atoms with E-state index in [4.69, 9.17) is 18.8 Å². The third-order valence-corrected chi connectivity index (χ3v) is 11.5. The molecule has 0 saturated heterocycles. The van der Waals surface area contributed by atoms with Gasteiger partial charge in [0.25, 0.3) is 0 Å². The van der Waals surface area contributed by atoms with Crippen molar-refractivity contribution in [3.8, 4) is 5.69 Å². The molecule has 0 fully saturated rings. The fourth-order valence-electron chi connectivity index (χ4n) is 8.90. The molecule has 0 amide bonds. The topological polar surface area (TPSA) is 55.9 Å². The second-order valence-corrected chi connectivity index (χ2v) is 14.8. The van der Waals surface area contributed by atoms with Gasteiger partial charge in [-0.15, -0.1) is 0 Å². The number of aliphatic imine (C=N–C) groups is 2. The fourth-order valence-corrected chi connectivity index (χ4v) is 8.90. The van der Waals surface area contributed by atoms with E-state index in [0.29, 0.717) is 12.3 Å². The molecule has 10 aromatic rings. The van der Waals surface area contributed by atoms with Gasteiger partial charge in [0.15, 0.2) is 5.84 Å². The SMILES string of the molecule is C1=Cc2oc3cc(C4=CCC(c5cccc6c5oc5ccccc56)=NC(c5ccccc5)=N4)c(-n4c5ccccc5c5cc6ccccc6cc54)cc3c2CC1. The molecule has 0 bridgehead atoms. The standard InChI is InChI=1S/C51H33N3O2/c1-2-13-31(14-3-1)51-52-42(38-21-12-20-37-35-18-7-11-24-48(35)56-50(37)38)25-26-43(53-51)41-30-49-40(36-19-8-10-23-47(36)55-49)29-46(41)54-44-22-9-6-17-34(44)39-27-32-15-4-5-16-33(32)28-45(39)54/h1-7,9-18,20-24,26-30H,8,19,25H2. The Morgan fingerprint density at radius 3 is 2.25 bits per heavy atom. The molecule has 4 heterocycles. The van der Waals surface area contributed by atoms with Crippen molar-refractivity contribution in [2.45, 2.75) is 19.3 Å². The molecule has 3 aromatic heterocycles. The van der Waals surface area contributed by atoms with Crippen molar-refractivity contribution >= 4 is 88.8 Å². The lowest BCUT2D eigenvalue weighted by atomic mass is 9.98. The third kappa shape index (κ3) is 4.74. The number of rotatable bonds is 4. The summed E-state index contributed by atoms with van der Waals surface area (Å²) in [5, 5.41) is 8.18. The Balaban J connectivity index is 1.14. The van der Waals surface area contributed by atoms with E-state index in [2.05, 4.69) is 138 Å². The van der Waals surface area contributed by atoms with E-state index < -0.39 is 0 Å². The molecule has 7 aromatic carbocycles. The van der Waals surface area contributed by atoms with Crippen LogP contribution in [0.5, 0.6) is 0 Å². The van der Waals surface area contributed by atoms with Crippen LogP contribution >= 0.6 is 0 Å². The van der Waals surface area contributed by atoms with Gasteiger partial charge in [-0.3, -0.25) is 0 Å². The molecule has 1 aliphatic carbocycles. The molecular weight excluding hydrogens is 687 g/mol. The van der Waals surface area contributed by atoms with Gasteiger partial charge in [-0.25, -0.2) is 9.98 Å². The van der Waals surface area contributed by atoms with Gasteiger partial charge >= 0.3 is 0 Å². The summed E-state index contributed by atoms with van der Waals surface area (Å²) in [6.07, 6.45) is 9.05. The smallest absolute Gasteiger partial charge is 0.160 e. The number of para-hydroxylation sites is 3. The predicted molar refractivity (Wildman–Crippen MR) is 231 cm³/mol. The van der Waals surface area contributed by atoms with E-state index in [-0.39, 0.29) is 0 Å². The van der Waals surface area contributed by atoms with Crippen LogP contribution in [0.4, 0.5) is 0 Å². The highest BCUT2D eigenvalue weighted by Crippen LogP contribution is 2.42. The Morgan fingerprint density at radius 1 is 0.554 bits per heavy atom. The zero-order valence-corrected chi connectivity index (χ0v) is 30.4. The van der Waals surface area contributed by atoms with Crippen molar-refractivity contribution in [1.29, 1.82) is 0 Å². The van der Waals surface area contributed by atoms with Gasteiger partial charge in [0.05, 0.1) is 28.1 Å². The molecule has 0 unspecified atom stereocenters. The maximum absolute atomic E-state index is 6.62. The van der Waals surface area contributed by atoms with Gasteiger partial charge in [-0.1, -0.05) is 115 Å². The van der Waals surface area contributed by atoms with Gasteiger partial charge in [-0.2, -0.15) is 0 Å². The summed E-state index contributed by atoms with van der Waals surface area (Å²) in [5.74, 6) is 1.59. The Labute approximate surface area is 321 Å². The van der Waals surface area contributed by atoms with Gasteiger partial charge < -0.3 is 13.4 Å². The third-order valence-electron chi connectivity index (χ3n) is 11.5. The molecule has 264 valence electrons. The van der Waals surface area contributed by atoms with Gasteiger partial charge in [-0.05, 0) is 72.2 Å². The minimum atomic E-state index is 0.554. The van der Waals surface area contributed by atoms with Crippen molar-refractivity contribution in [2.24, 2.45) is 9.98 Å². The van der Waals surface area contributed by atoms with Crippen LogP contribution in [-0.4, -0.2) is 16.1 Å².